The Morgan fingerprint density at radius 3 is 2.47 bits per heavy atom. The second-order valence-corrected chi connectivity index (χ2v) is 5.54. The van der Waals surface area contributed by atoms with Crippen LogP contribution in [0.25, 0.3) is 0 Å². The van der Waals surface area contributed by atoms with Gasteiger partial charge in [0, 0.05) is 16.7 Å². The van der Waals surface area contributed by atoms with Crippen LogP contribution < -0.4 is 14.8 Å². The maximum absolute atomic E-state index is 5.76. The first-order valence-corrected chi connectivity index (χ1v) is 7.32. The van der Waals surface area contributed by atoms with Gasteiger partial charge in [0.2, 0.25) is 0 Å². The minimum atomic E-state index is 0.607. The van der Waals surface area contributed by atoms with E-state index in [9.17, 15) is 0 Å². The number of methoxy groups -OCH3 is 2. The summed E-state index contributed by atoms with van der Waals surface area (Å²) in [6, 6.07) is 2.24. The zero-order valence-corrected chi connectivity index (χ0v) is 11.9. The first-order chi connectivity index (χ1) is 9.35. The van der Waals surface area contributed by atoms with E-state index >= 15 is 0 Å². The van der Waals surface area contributed by atoms with Crippen LogP contribution in [0.5, 0.6) is 11.5 Å². The normalized spacial score (nSPS) is 19.3. The minimum Gasteiger partial charge on any atom is -0.496 e. The molecule has 1 aromatic rings. The van der Waals surface area contributed by atoms with E-state index in [1.165, 1.54) is 36.0 Å². The molecule has 0 unspecified atom stereocenters. The number of hydrogen-bond acceptors (Lipinski definition) is 3. The Balaban J connectivity index is 2.07. The third kappa shape index (κ3) is 2.20. The summed E-state index contributed by atoms with van der Waals surface area (Å²) in [5.41, 5.74) is 4.13. The highest BCUT2D eigenvalue weighted by atomic mass is 16.5. The van der Waals surface area contributed by atoms with Gasteiger partial charge in [0.1, 0.15) is 11.5 Å². The maximum atomic E-state index is 5.76. The standard InChI is InChI=1S/C16H23NO2/c1-18-15-10-14(11-6-8-17-9-7-11)16(19-2)13-5-3-4-12(13)15/h10-11,17H,3-9H2,1-2H3. The lowest BCUT2D eigenvalue weighted by atomic mass is 9.87. The van der Waals surface area contributed by atoms with Gasteiger partial charge >= 0.3 is 0 Å². The highest BCUT2D eigenvalue weighted by Crippen LogP contribution is 2.44. The third-order valence-corrected chi connectivity index (χ3v) is 4.54. The van der Waals surface area contributed by atoms with Gasteiger partial charge in [-0.2, -0.15) is 0 Å². The molecule has 1 aliphatic heterocycles. The van der Waals surface area contributed by atoms with Gasteiger partial charge < -0.3 is 14.8 Å². The molecule has 3 rings (SSSR count). The van der Waals surface area contributed by atoms with E-state index in [1.807, 2.05) is 7.11 Å². The number of benzene rings is 1. The van der Waals surface area contributed by atoms with Crippen molar-refractivity contribution < 1.29 is 9.47 Å². The molecule has 2 aliphatic rings. The summed E-state index contributed by atoms with van der Waals surface area (Å²) in [6.07, 6.45) is 5.86. The van der Waals surface area contributed by atoms with Crippen molar-refractivity contribution >= 4 is 0 Å². The molecule has 104 valence electrons. The summed E-state index contributed by atoms with van der Waals surface area (Å²) in [5.74, 6) is 2.82. The first-order valence-electron chi connectivity index (χ1n) is 7.32. The van der Waals surface area contributed by atoms with Crippen LogP contribution in [0, 0.1) is 0 Å². The predicted octanol–water partition coefficient (Wildman–Crippen LogP) is 2.66. The van der Waals surface area contributed by atoms with Crippen LogP contribution in [-0.4, -0.2) is 27.3 Å². The second kappa shape index (κ2) is 5.41. The molecule has 0 radical (unpaired) electrons. The van der Waals surface area contributed by atoms with E-state index in [4.69, 9.17) is 9.47 Å². The smallest absolute Gasteiger partial charge is 0.126 e. The summed E-state index contributed by atoms with van der Waals surface area (Å²) in [7, 11) is 3.59. The summed E-state index contributed by atoms with van der Waals surface area (Å²) in [6.45, 7) is 2.21. The predicted molar refractivity (Wildman–Crippen MR) is 76.4 cm³/mol. The minimum absolute atomic E-state index is 0.607. The van der Waals surface area contributed by atoms with Crippen LogP contribution in [0.3, 0.4) is 0 Å². The van der Waals surface area contributed by atoms with Gasteiger partial charge in [0.25, 0.3) is 0 Å². The molecule has 1 aliphatic carbocycles. The molecule has 3 nitrogen and oxygen atoms in total. The lowest BCUT2D eigenvalue weighted by Crippen LogP contribution is -2.27. The van der Waals surface area contributed by atoms with Crippen molar-refractivity contribution in [1.82, 2.24) is 5.32 Å². The molecule has 0 bridgehead atoms. The van der Waals surface area contributed by atoms with Crippen LogP contribution >= 0.6 is 0 Å². The lowest BCUT2D eigenvalue weighted by molar-refractivity contribution is 0.379. The molecule has 1 heterocycles. The fourth-order valence-electron chi connectivity index (χ4n) is 3.59. The van der Waals surface area contributed by atoms with Crippen molar-refractivity contribution in [3.8, 4) is 11.5 Å². The Kier molecular flexibility index (Phi) is 3.65. The number of rotatable bonds is 3. The van der Waals surface area contributed by atoms with E-state index in [2.05, 4.69) is 11.4 Å². The van der Waals surface area contributed by atoms with Crippen molar-refractivity contribution in [2.24, 2.45) is 0 Å². The molecule has 0 aromatic heterocycles. The van der Waals surface area contributed by atoms with E-state index in [0.29, 0.717) is 5.92 Å². The topological polar surface area (TPSA) is 30.5 Å². The third-order valence-electron chi connectivity index (χ3n) is 4.54. The summed E-state index contributed by atoms with van der Waals surface area (Å²) < 4.78 is 11.4. The zero-order chi connectivity index (χ0) is 13.2. The van der Waals surface area contributed by atoms with E-state index in [1.54, 1.807) is 7.11 Å². The van der Waals surface area contributed by atoms with Gasteiger partial charge in [-0.15, -0.1) is 0 Å². The van der Waals surface area contributed by atoms with Crippen LogP contribution in [0.15, 0.2) is 6.07 Å². The van der Waals surface area contributed by atoms with Crippen LogP contribution in [-0.2, 0) is 12.8 Å². The van der Waals surface area contributed by atoms with Gasteiger partial charge in [-0.05, 0) is 57.2 Å². The molecule has 3 heteroatoms. The zero-order valence-electron chi connectivity index (χ0n) is 11.9. The molecule has 1 saturated heterocycles. The molecule has 1 fully saturated rings. The lowest BCUT2D eigenvalue weighted by Gasteiger charge is -2.26. The Morgan fingerprint density at radius 1 is 1.05 bits per heavy atom. The molecular formula is C16H23NO2. The van der Waals surface area contributed by atoms with E-state index in [-0.39, 0.29) is 0 Å². The maximum Gasteiger partial charge on any atom is 0.126 e. The number of nitrogens with one attached hydrogen (secondary N) is 1. The van der Waals surface area contributed by atoms with Crippen molar-refractivity contribution in [2.45, 2.75) is 38.0 Å². The van der Waals surface area contributed by atoms with Gasteiger partial charge in [0.05, 0.1) is 14.2 Å². The van der Waals surface area contributed by atoms with Crippen LogP contribution in [0.1, 0.15) is 41.9 Å². The SMILES string of the molecule is COc1cc(C2CCNCC2)c(OC)c2c1CCC2. The van der Waals surface area contributed by atoms with Crippen molar-refractivity contribution in [3.05, 3.63) is 22.8 Å². The summed E-state index contributed by atoms with van der Waals surface area (Å²) >= 11 is 0. The Bertz CT molecular complexity index is 464. The van der Waals surface area contributed by atoms with Crippen LogP contribution in [0.4, 0.5) is 0 Å². The van der Waals surface area contributed by atoms with Crippen molar-refractivity contribution in [2.75, 3.05) is 27.3 Å². The molecule has 0 amide bonds. The molecule has 0 spiro atoms. The largest absolute Gasteiger partial charge is 0.496 e. The molecule has 19 heavy (non-hydrogen) atoms. The second-order valence-electron chi connectivity index (χ2n) is 5.54. The average Bonchev–Trinajstić information content (AvgIpc) is 2.95. The Hall–Kier alpha value is -1.22. The fourth-order valence-corrected chi connectivity index (χ4v) is 3.59. The number of piperidine rings is 1. The number of fused-ring (bicyclic) bond motifs is 1. The molecule has 1 N–H and O–H groups in total. The fraction of sp³-hybridized carbons (Fsp3) is 0.625. The van der Waals surface area contributed by atoms with Crippen molar-refractivity contribution in [3.63, 3.8) is 0 Å². The van der Waals surface area contributed by atoms with Crippen molar-refractivity contribution in [1.29, 1.82) is 0 Å². The summed E-state index contributed by atoms with van der Waals surface area (Å²) in [5, 5.41) is 3.43. The highest BCUT2D eigenvalue weighted by Gasteiger charge is 2.27. The molecule has 0 saturated carbocycles. The summed E-state index contributed by atoms with van der Waals surface area (Å²) in [4.78, 5) is 0. The Morgan fingerprint density at radius 2 is 1.79 bits per heavy atom. The van der Waals surface area contributed by atoms with Gasteiger partial charge in [0.15, 0.2) is 0 Å². The van der Waals surface area contributed by atoms with Gasteiger partial charge in [-0.25, -0.2) is 0 Å². The van der Waals surface area contributed by atoms with E-state index < -0.39 is 0 Å². The monoisotopic (exact) mass is 261 g/mol. The average molecular weight is 261 g/mol. The van der Waals surface area contributed by atoms with Gasteiger partial charge in [-0.1, -0.05) is 0 Å². The van der Waals surface area contributed by atoms with E-state index in [0.717, 1.165) is 37.4 Å². The number of ether oxygens (including phenoxy) is 2. The molecule has 0 atom stereocenters. The molecular weight excluding hydrogens is 238 g/mol. The highest BCUT2D eigenvalue weighted by molar-refractivity contribution is 5.57. The first kappa shape index (κ1) is 12.8. The van der Waals surface area contributed by atoms with Gasteiger partial charge in [-0.3, -0.25) is 0 Å². The number of hydrogen-bond donors (Lipinski definition) is 1. The quantitative estimate of drug-likeness (QED) is 0.907. The van der Waals surface area contributed by atoms with Crippen LogP contribution in [0.2, 0.25) is 0 Å². The Labute approximate surface area is 115 Å². The molecule has 1 aromatic carbocycles.